The minimum atomic E-state index is -1.35. The van der Waals surface area contributed by atoms with Crippen LogP contribution in [0, 0.1) is 0 Å². The van der Waals surface area contributed by atoms with E-state index < -0.39 is 72.6 Å². The molecule has 35 heavy (non-hydrogen) atoms. The summed E-state index contributed by atoms with van der Waals surface area (Å²) in [7, 11) is 0. The Morgan fingerprint density at radius 1 is 1.14 bits per heavy atom. The molecule has 1 aliphatic heterocycles. The normalized spacial score (nSPS) is 17.7. The first-order chi connectivity index (χ1) is 16.5. The van der Waals surface area contributed by atoms with E-state index in [-0.39, 0.29) is 25.8 Å². The molecule has 1 aliphatic rings. The number of nitrogens with two attached hydrogens (primary N) is 2. The number of carboxylic acids is 2. The van der Waals surface area contributed by atoms with Crippen molar-refractivity contribution >= 4 is 35.6 Å². The Kier molecular flexibility index (Phi) is 9.69. The minimum Gasteiger partial charge on any atom is -0.481 e. The third kappa shape index (κ3) is 8.06. The van der Waals surface area contributed by atoms with Crippen LogP contribution in [-0.4, -0.2) is 91.4 Å². The molecule has 4 amide bonds. The summed E-state index contributed by atoms with van der Waals surface area (Å²) in [5, 5.41) is 23.3. The van der Waals surface area contributed by atoms with Gasteiger partial charge in [-0.1, -0.05) is 0 Å². The topological polar surface area (TPSA) is 251 Å². The smallest absolute Gasteiger partial charge is 0.326 e. The Hall–Kier alpha value is -4.01. The molecule has 1 saturated heterocycles. The number of carboxylic acid groups (broad SMARTS) is 2. The Bertz CT molecular complexity index is 951. The molecule has 1 fully saturated rings. The Morgan fingerprint density at radius 2 is 1.83 bits per heavy atom. The molecule has 0 radical (unpaired) electrons. The van der Waals surface area contributed by atoms with Gasteiger partial charge in [0.05, 0.1) is 18.8 Å². The summed E-state index contributed by atoms with van der Waals surface area (Å²) in [4.78, 5) is 80.0. The van der Waals surface area contributed by atoms with Crippen LogP contribution in [0.25, 0.3) is 0 Å². The summed E-state index contributed by atoms with van der Waals surface area (Å²) >= 11 is 0. The van der Waals surface area contributed by atoms with Crippen LogP contribution in [0.5, 0.6) is 0 Å². The average molecular weight is 495 g/mol. The van der Waals surface area contributed by atoms with Crippen molar-refractivity contribution in [2.24, 2.45) is 11.5 Å². The lowest BCUT2D eigenvalue weighted by molar-refractivity contribution is -0.150. The van der Waals surface area contributed by atoms with Gasteiger partial charge in [-0.25, -0.2) is 9.78 Å². The molecule has 0 bridgehead atoms. The molecule has 9 N–H and O–H groups in total. The van der Waals surface area contributed by atoms with Crippen molar-refractivity contribution in [2.45, 2.75) is 62.7 Å². The zero-order valence-electron chi connectivity index (χ0n) is 18.8. The van der Waals surface area contributed by atoms with E-state index in [0.717, 1.165) is 4.90 Å². The summed E-state index contributed by atoms with van der Waals surface area (Å²) < 4.78 is 0. The second-order valence-corrected chi connectivity index (χ2v) is 8.14. The van der Waals surface area contributed by atoms with Gasteiger partial charge >= 0.3 is 11.9 Å². The zero-order chi connectivity index (χ0) is 26.1. The van der Waals surface area contributed by atoms with Gasteiger partial charge in [0, 0.05) is 31.3 Å². The molecule has 15 nitrogen and oxygen atoms in total. The van der Waals surface area contributed by atoms with E-state index >= 15 is 0 Å². The lowest BCUT2D eigenvalue weighted by atomic mass is 10.1. The molecule has 0 aromatic carbocycles. The van der Waals surface area contributed by atoms with E-state index in [2.05, 4.69) is 20.6 Å². The second kappa shape index (κ2) is 12.5. The third-order valence-corrected chi connectivity index (χ3v) is 5.45. The molecule has 0 spiro atoms. The highest BCUT2D eigenvalue weighted by Gasteiger charge is 2.38. The molecular formula is C20H29N7O8. The van der Waals surface area contributed by atoms with Crippen LogP contribution >= 0.6 is 0 Å². The Balaban J connectivity index is 2.22. The Morgan fingerprint density at radius 3 is 2.40 bits per heavy atom. The van der Waals surface area contributed by atoms with E-state index in [1.165, 1.54) is 12.5 Å². The highest BCUT2D eigenvalue weighted by molar-refractivity contribution is 5.95. The fourth-order valence-corrected chi connectivity index (χ4v) is 3.70. The lowest BCUT2D eigenvalue weighted by Gasteiger charge is -2.28. The van der Waals surface area contributed by atoms with E-state index in [1.54, 1.807) is 0 Å². The number of carbonyl (C=O) groups excluding carboxylic acids is 4. The Labute approximate surface area is 199 Å². The van der Waals surface area contributed by atoms with Gasteiger partial charge in [-0.3, -0.25) is 24.0 Å². The van der Waals surface area contributed by atoms with Crippen molar-refractivity contribution < 1.29 is 39.0 Å². The second-order valence-electron chi connectivity index (χ2n) is 8.14. The number of rotatable bonds is 13. The first kappa shape index (κ1) is 27.2. The van der Waals surface area contributed by atoms with Gasteiger partial charge in [0.2, 0.25) is 23.6 Å². The summed E-state index contributed by atoms with van der Waals surface area (Å²) in [5.74, 6) is -5.65. The quantitative estimate of drug-likeness (QED) is 0.147. The maximum Gasteiger partial charge on any atom is 0.326 e. The van der Waals surface area contributed by atoms with Crippen molar-refractivity contribution in [3.63, 3.8) is 0 Å². The fourth-order valence-electron chi connectivity index (χ4n) is 3.70. The van der Waals surface area contributed by atoms with Crippen LogP contribution in [0.2, 0.25) is 0 Å². The highest BCUT2D eigenvalue weighted by Crippen LogP contribution is 2.20. The van der Waals surface area contributed by atoms with Gasteiger partial charge in [0.25, 0.3) is 0 Å². The number of aromatic nitrogens is 2. The van der Waals surface area contributed by atoms with E-state index in [9.17, 15) is 33.9 Å². The molecule has 0 saturated carbocycles. The van der Waals surface area contributed by atoms with Crippen molar-refractivity contribution in [3.8, 4) is 0 Å². The van der Waals surface area contributed by atoms with Crippen LogP contribution in [0.15, 0.2) is 12.5 Å². The molecule has 0 aliphatic carbocycles. The summed E-state index contributed by atoms with van der Waals surface area (Å²) in [6, 6.07) is -5.04. The predicted molar refractivity (Wildman–Crippen MR) is 117 cm³/mol. The number of imidazole rings is 1. The summed E-state index contributed by atoms with van der Waals surface area (Å²) in [5.41, 5.74) is 11.2. The number of primary amides is 1. The van der Waals surface area contributed by atoms with Gasteiger partial charge in [0.15, 0.2) is 0 Å². The number of carbonyl (C=O) groups is 6. The van der Waals surface area contributed by atoms with Gasteiger partial charge in [-0.15, -0.1) is 0 Å². The van der Waals surface area contributed by atoms with Crippen LogP contribution in [0.4, 0.5) is 0 Å². The number of nitrogens with zero attached hydrogens (tertiary/aromatic N) is 2. The maximum absolute atomic E-state index is 13.1. The number of nitrogens with one attached hydrogen (secondary N) is 3. The summed E-state index contributed by atoms with van der Waals surface area (Å²) in [6.07, 6.45) is 2.11. The number of aliphatic carboxylic acids is 2. The van der Waals surface area contributed by atoms with Gasteiger partial charge in [0.1, 0.15) is 18.1 Å². The van der Waals surface area contributed by atoms with Crippen molar-refractivity contribution in [1.82, 2.24) is 25.5 Å². The van der Waals surface area contributed by atoms with Crippen LogP contribution < -0.4 is 22.1 Å². The summed E-state index contributed by atoms with van der Waals surface area (Å²) in [6.45, 7) is 0.144. The molecule has 1 aromatic heterocycles. The first-order valence-corrected chi connectivity index (χ1v) is 10.9. The third-order valence-electron chi connectivity index (χ3n) is 5.45. The number of hydrogen-bond donors (Lipinski definition) is 7. The van der Waals surface area contributed by atoms with E-state index in [0.29, 0.717) is 12.1 Å². The van der Waals surface area contributed by atoms with Gasteiger partial charge in [-0.2, -0.15) is 0 Å². The van der Waals surface area contributed by atoms with Crippen molar-refractivity contribution in [1.29, 1.82) is 0 Å². The molecular weight excluding hydrogens is 466 g/mol. The van der Waals surface area contributed by atoms with Gasteiger partial charge < -0.3 is 42.2 Å². The van der Waals surface area contributed by atoms with E-state index in [4.69, 9.17) is 16.6 Å². The first-order valence-electron chi connectivity index (χ1n) is 10.9. The van der Waals surface area contributed by atoms with Crippen molar-refractivity contribution in [2.75, 3.05) is 6.54 Å². The van der Waals surface area contributed by atoms with Crippen LogP contribution in [0.1, 0.15) is 37.8 Å². The molecule has 4 atom stereocenters. The van der Waals surface area contributed by atoms with Crippen LogP contribution in [0.3, 0.4) is 0 Å². The monoisotopic (exact) mass is 495 g/mol. The average Bonchev–Trinajstić information content (AvgIpc) is 3.46. The molecule has 15 heteroatoms. The molecule has 4 unspecified atom stereocenters. The highest BCUT2D eigenvalue weighted by atomic mass is 16.4. The molecule has 2 rings (SSSR count). The number of likely N-dealkylation sites (tertiary alicyclic amines) is 1. The molecule has 1 aromatic rings. The fraction of sp³-hybridized carbons (Fsp3) is 0.550. The largest absolute Gasteiger partial charge is 0.481 e. The SMILES string of the molecule is NC(=O)CC(N)C(=O)NC(Cc1cnc[nH]1)C(=O)NC(CCC(=O)O)C(=O)N1CCCC1C(=O)O. The molecule has 2 heterocycles. The minimum absolute atomic E-state index is 0.0951. The van der Waals surface area contributed by atoms with E-state index in [1.807, 2.05) is 0 Å². The number of amides is 4. The standard InChI is InChI=1S/C20H29N7O8/c21-11(7-15(22)28)17(31)26-13(6-10-8-23-9-24-10)18(32)25-12(3-4-16(29)30)19(33)27-5-1-2-14(27)20(34)35/h8-9,11-14H,1-7,21H2,(H2,22,28)(H,23,24)(H,25,32)(H,26,31)(H,29,30)(H,34,35). The van der Waals surface area contributed by atoms with Crippen LogP contribution in [-0.2, 0) is 35.2 Å². The number of aromatic amines is 1. The zero-order valence-corrected chi connectivity index (χ0v) is 18.8. The predicted octanol–water partition coefficient (Wildman–Crippen LogP) is -2.94. The maximum atomic E-state index is 13.1. The lowest BCUT2D eigenvalue weighted by Crippen LogP contribution is -2.58. The van der Waals surface area contributed by atoms with Crippen molar-refractivity contribution in [3.05, 3.63) is 18.2 Å². The number of H-pyrrole nitrogens is 1. The number of hydrogen-bond acceptors (Lipinski definition) is 8. The van der Waals surface area contributed by atoms with Gasteiger partial charge in [-0.05, 0) is 19.3 Å². The molecule has 192 valence electrons.